The molecule has 0 unspecified atom stereocenters. The fourth-order valence-corrected chi connectivity index (χ4v) is 0.254. The van der Waals surface area contributed by atoms with Crippen LogP contribution in [0.2, 0.25) is 0 Å². The number of nitrogens with two attached hydrogens (primary N) is 1. The van der Waals surface area contributed by atoms with Crippen molar-refractivity contribution in [2.75, 3.05) is 7.05 Å². The van der Waals surface area contributed by atoms with E-state index in [0.29, 0.717) is 0 Å². The van der Waals surface area contributed by atoms with Gasteiger partial charge in [-0.15, -0.1) is 0 Å². The molecule has 0 fully saturated rings. The van der Waals surface area contributed by atoms with Crippen LogP contribution < -0.4 is 5.73 Å². The first kappa shape index (κ1) is 8.55. The summed E-state index contributed by atoms with van der Waals surface area (Å²) in [5.74, 6) is -0.624. The van der Waals surface area contributed by atoms with Crippen LogP contribution in [0.1, 0.15) is 0 Å². The Bertz CT molecular complexity index is 193. The summed E-state index contributed by atoms with van der Waals surface area (Å²) in [6, 6.07) is 0. The Morgan fingerprint density at radius 2 is 2.20 bits per heavy atom. The van der Waals surface area contributed by atoms with Crippen molar-refractivity contribution >= 4 is 18.3 Å². The lowest BCUT2D eigenvalue weighted by molar-refractivity contribution is -0.114. The zero-order valence-electron chi connectivity index (χ0n) is 5.74. The number of nitrogens with zero attached hydrogens (tertiary/aromatic N) is 2. The van der Waals surface area contributed by atoms with Gasteiger partial charge in [-0.2, -0.15) is 0 Å². The summed E-state index contributed by atoms with van der Waals surface area (Å²) in [4.78, 5) is 17.4. The second-order valence-corrected chi connectivity index (χ2v) is 1.50. The SMILES string of the molecule is C=C(N=CC=NC)C(N)=O. The average molecular weight is 139 g/mol. The molecular formula is C6H9N3O. The smallest absolute Gasteiger partial charge is 0.266 e. The van der Waals surface area contributed by atoms with E-state index in [9.17, 15) is 4.79 Å². The number of primary amides is 1. The number of amides is 1. The van der Waals surface area contributed by atoms with E-state index in [2.05, 4.69) is 16.6 Å². The van der Waals surface area contributed by atoms with Crippen LogP contribution in [-0.2, 0) is 4.79 Å². The van der Waals surface area contributed by atoms with E-state index in [1.165, 1.54) is 12.4 Å². The summed E-state index contributed by atoms with van der Waals surface area (Å²) in [5.41, 5.74) is 4.85. The first-order chi connectivity index (χ1) is 4.68. The minimum absolute atomic E-state index is 0.0277. The summed E-state index contributed by atoms with van der Waals surface area (Å²) >= 11 is 0. The number of hydrogen-bond donors (Lipinski definition) is 1. The van der Waals surface area contributed by atoms with Crippen molar-refractivity contribution in [3.63, 3.8) is 0 Å². The predicted molar refractivity (Wildman–Crippen MR) is 41.2 cm³/mol. The maximum absolute atomic E-state index is 10.3. The molecule has 54 valence electrons. The molecule has 0 aromatic rings. The molecule has 0 aliphatic carbocycles. The molecule has 0 spiro atoms. The Kier molecular flexibility index (Phi) is 3.79. The van der Waals surface area contributed by atoms with Gasteiger partial charge in [0.25, 0.3) is 5.91 Å². The molecular weight excluding hydrogens is 130 g/mol. The molecule has 4 nitrogen and oxygen atoms in total. The first-order valence-electron chi connectivity index (χ1n) is 2.62. The van der Waals surface area contributed by atoms with Gasteiger partial charge in [-0.1, -0.05) is 6.58 Å². The van der Waals surface area contributed by atoms with Crippen LogP contribution >= 0.6 is 0 Å². The molecule has 4 heteroatoms. The lowest BCUT2D eigenvalue weighted by Gasteiger charge is -1.86. The van der Waals surface area contributed by atoms with Crippen LogP contribution in [0.5, 0.6) is 0 Å². The quantitative estimate of drug-likeness (QED) is 0.425. The van der Waals surface area contributed by atoms with E-state index >= 15 is 0 Å². The van der Waals surface area contributed by atoms with E-state index in [-0.39, 0.29) is 5.70 Å². The van der Waals surface area contributed by atoms with Gasteiger partial charge in [0.2, 0.25) is 0 Å². The van der Waals surface area contributed by atoms with Crippen LogP contribution in [0.3, 0.4) is 0 Å². The fourth-order valence-electron chi connectivity index (χ4n) is 0.254. The van der Waals surface area contributed by atoms with Gasteiger partial charge in [-0.25, -0.2) is 0 Å². The summed E-state index contributed by atoms with van der Waals surface area (Å²) in [6.07, 6.45) is 2.79. The fraction of sp³-hybridized carbons (Fsp3) is 0.167. The summed E-state index contributed by atoms with van der Waals surface area (Å²) in [7, 11) is 1.60. The van der Waals surface area contributed by atoms with Crippen LogP contribution in [0.25, 0.3) is 0 Å². The molecule has 2 N–H and O–H groups in total. The van der Waals surface area contributed by atoms with Crippen molar-refractivity contribution in [3.05, 3.63) is 12.3 Å². The molecule has 0 bridgehead atoms. The number of aliphatic imine (C=N–C) groups is 2. The van der Waals surface area contributed by atoms with Gasteiger partial charge in [-0.05, 0) is 0 Å². The lowest BCUT2D eigenvalue weighted by Crippen LogP contribution is -2.11. The molecule has 0 atom stereocenters. The largest absolute Gasteiger partial charge is 0.364 e. The van der Waals surface area contributed by atoms with Crippen molar-refractivity contribution in [1.29, 1.82) is 0 Å². The maximum Gasteiger partial charge on any atom is 0.266 e. The molecule has 0 aromatic heterocycles. The van der Waals surface area contributed by atoms with Crippen LogP contribution in [0, 0.1) is 0 Å². The highest BCUT2D eigenvalue weighted by molar-refractivity contribution is 6.17. The van der Waals surface area contributed by atoms with Crippen molar-refractivity contribution in [1.82, 2.24) is 0 Å². The minimum Gasteiger partial charge on any atom is -0.364 e. The first-order valence-corrected chi connectivity index (χ1v) is 2.62. The topological polar surface area (TPSA) is 67.8 Å². The molecule has 0 saturated carbocycles. The van der Waals surface area contributed by atoms with Crippen molar-refractivity contribution in [2.24, 2.45) is 15.7 Å². The summed E-state index contributed by atoms with van der Waals surface area (Å²) < 4.78 is 0. The third kappa shape index (κ3) is 3.54. The normalized spacial score (nSPS) is 10.9. The third-order valence-corrected chi connectivity index (χ3v) is 0.731. The second kappa shape index (κ2) is 4.43. The van der Waals surface area contributed by atoms with Gasteiger partial charge >= 0.3 is 0 Å². The van der Waals surface area contributed by atoms with E-state index in [0.717, 1.165) is 0 Å². The molecule has 0 rings (SSSR count). The Morgan fingerprint density at radius 1 is 1.60 bits per heavy atom. The minimum atomic E-state index is -0.624. The van der Waals surface area contributed by atoms with E-state index in [1.54, 1.807) is 7.05 Å². The third-order valence-electron chi connectivity index (χ3n) is 0.731. The van der Waals surface area contributed by atoms with E-state index in [4.69, 9.17) is 5.73 Å². The van der Waals surface area contributed by atoms with Gasteiger partial charge in [0, 0.05) is 19.5 Å². The van der Waals surface area contributed by atoms with Gasteiger partial charge in [0.15, 0.2) is 0 Å². The average Bonchev–Trinajstić information content (AvgIpc) is 1.88. The highest BCUT2D eigenvalue weighted by Gasteiger charge is 1.93. The zero-order valence-corrected chi connectivity index (χ0v) is 5.74. The molecule has 0 aliphatic rings. The Hall–Kier alpha value is -1.45. The zero-order chi connectivity index (χ0) is 7.98. The number of carbonyl (C=O) groups is 1. The molecule has 0 aliphatic heterocycles. The Balaban J connectivity index is 3.90. The van der Waals surface area contributed by atoms with E-state index < -0.39 is 5.91 Å². The highest BCUT2D eigenvalue weighted by atomic mass is 16.1. The summed E-state index contributed by atoms with van der Waals surface area (Å²) in [5, 5.41) is 0. The van der Waals surface area contributed by atoms with Gasteiger partial charge in [0.05, 0.1) is 0 Å². The van der Waals surface area contributed by atoms with Crippen molar-refractivity contribution in [3.8, 4) is 0 Å². The highest BCUT2D eigenvalue weighted by Crippen LogP contribution is 1.85. The molecule has 0 aromatic carbocycles. The van der Waals surface area contributed by atoms with Gasteiger partial charge in [0.1, 0.15) is 5.70 Å². The van der Waals surface area contributed by atoms with Gasteiger partial charge in [-0.3, -0.25) is 14.8 Å². The molecule has 0 radical (unpaired) electrons. The standard InChI is InChI=1S/C6H9N3O/c1-5(6(7)10)9-4-3-8-2/h3-4H,1H2,2H3,(H2,7,10). The maximum atomic E-state index is 10.3. The van der Waals surface area contributed by atoms with Crippen LogP contribution in [0.15, 0.2) is 22.3 Å². The molecule has 10 heavy (non-hydrogen) atoms. The van der Waals surface area contributed by atoms with Crippen molar-refractivity contribution < 1.29 is 4.79 Å². The van der Waals surface area contributed by atoms with Crippen LogP contribution in [-0.4, -0.2) is 25.4 Å². The van der Waals surface area contributed by atoms with Crippen molar-refractivity contribution in [2.45, 2.75) is 0 Å². The Morgan fingerprint density at radius 3 is 2.60 bits per heavy atom. The molecule has 0 saturated heterocycles. The van der Waals surface area contributed by atoms with E-state index in [1.807, 2.05) is 0 Å². The predicted octanol–water partition coefficient (Wildman–Crippen LogP) is -0.243. The number of carbonyl (C=O) groups excluding carboxylic acids is 1. The number of rotatable bonds is 3. The lowest BCUT2D eigenvalue weighted by atomic mass is 10.5. The molecule has 0 heterocycles. The van der Waals surface area contributed by atoms with Crippen LogP contribution in [0.4, 0.5) is 0 Å². The van der Waals surface area contributed by atoms with Gasteiger partial charge < -0.3 is 5.73 Å². The number of hydrogen-bond acceptors (Lipinski definition) is 3. The Labute approximate surface area is 59.2 Å². The monoisotopic (exact) mass is 139 g/mol. The second-order valence-electron chi connectivity index (χ2n) is 1.50. The summed E-state index contributed by atoms with van der Waals surface area (Å²) in [6.45, 7) is 3.29. The molecule has 1 amide bonds.